The summed E-state index contributed by atoms with van der Waals surface area (Å²) in [6.45, 7) is 3.43. The monoisotopic (exact) mass is 684 g/mol. The van der Waals surface area contributed by atoms with Gasteiger partial charge < -0.3 is 19.6 Å². The molecule has 0 unspecified atom stereocenters. The van der Waals surface area contributed by atoms with E-state index in [0.717, 1.165) is 13.1 Å². The number of likely N-dealkylation sites (N-methyl/N-ethyl adjacent to an activating group) is 4. The largest absolute Gasteiger partial charge is 1.00 e. The van der Waals surface area contributed by atoms with E-state index >= 15 is 0 Å². The summed E-state index contributed by atoms with van der Waals surface area (Å²) in [6, 6.07) is 45.6. The molecule has 4 rings (SSSR count). The average Bonchev–Trinajstić information content (AvgIpc) is 3.05. The standard InChI is InChI=1S/C25H27B2P2.2C6H16N2.K/c26-28(22-13-5-1-6-14-22,23-15-7-2-8-16-23)21-29(27,24-17-9-3-10-18-24)25-19-11-4-12-20-25;2*1-7(2)5-6-8(3)4;/h1-21H,26-27H3;2*5-6H2,1-4H3;/q-1;;;+1/p+2. The van der Waals surface area contributed by atoms with Crippen LogP contribution in [0, 0.1) is 0 Å². The summed E-state index contributed by atoms with van der Waals surface area (Å²) in [7, 11) is 15.8. The number of rotatable bonds is 11. The van der Waals surface area contributed by atoms with E-state index in [2.05, 4.69) is 193 Å². The number of benzene rings is 4. The molecule has 2 N–H and O–H groups in total. The molecule has 0 aromatic heterocycles. The second kappa shape index (κ2) is 22.8. The second-order valence-electron chi connectivity index (χ2n) is 11.7. The van der Waals surface area contributed by atoms with E-state index < -0.39 is 13.9 Å². The fraction of sp³-hybridized carbons (Fsp3) is 0.324. The molecule has 0 fully saturated rings. The first-order valence-corrected chi connectivity index (χ1v) is 18.0. The van der Waals surface area contributed by atoms with Crippen LogP contribution in [0.3, 0.4) is 0 Å². The van der Waals surface area contributed by atoms with Crippen LogP contribution >= 0.6 is 13.9 Å². The molecule has 0 saturated heterocycles. The van der Waals surface area contributed by atoms with Crippen molar-refractivity contribution in [1.82, 2.24) is 9.80 Å². The van der Waals surface area contributed by atoms with Crippen molar-refractivity contribution in [2.24, 2.45) is 0 Å². The molecule has 0 atom stereocenters. The molecule has 4 nitrogen and oxygen atoms in total. The van der Waals surface area contributed by atoms with E-state index in [4.69, 9.17) is 0 Å². The van der Waals surface area contributed by atoms with Crippen LogP contribution in [-0.4, -0.2) is 113 Å². The molecule has 9 heteroatoms. The van der Waals surface area contributed by atoms with Gasteiger partial charge in [0.25, 0.3) is 0 Å². The van der Waals surface area contributed by atoms with E-state index in [1.54, 1.807) is 21.2 Å². The summed E-state index contributed by atoms with van der Waals surface area (Å²) in [5.41, 5.74) is 2.97. The molecule has 0 aliphatic carbocycles. The maximum Gasteiger partial charge on any atom is 1.00 e. The zero-order valence-electron chi connectivity index (χ0n) is 28.7. The molecular formula is C37H61B2KN4P2+2. The van der Waals surface area contributed by atoms with Crippen LogP contribution in [-0.2, 0) is 0 Å². The van der Waals surface area contributed by atoms with Crippen LogP contribution in [0.4, 0.5) is 0 Å². The average molecular weight is 685 g/mol. The number of nitrogens with one attached hydrogen (secondary N) is 2. The molecule has 46 heavy (non-hydrogen) atoms. The fourth-order valence-corrected chi connectivity index (χ4v) is 9.56. The first kappa shape index (κ1) is 43.2. The maximum atomic E-state index is 2.97. The van der Waals surface area contributed by atoms with Crippen LogP contribution in [0.15, 0.2) is 121 Å². The number of hydrogen-bond donors (Lipinski definition) is 2. The van der Waals surface area contributed by atoms with Gasteiger partial charge in [-0.05, 0) is 65.6 Å². The minimum Gasteiger partial charge on any atom is -0.335 e. The summed E-state index contributed by atoms with van der Waals surface area (Å²) >= 11 is 0. The van der Waals surface area contributed by atoms with E-state index in [0.29, 0.717) is 0 Å². The molecule has 244 valence electrons. The minimum atomic E-state index is -1.39. The number of nitrogens with zero attached hydrogens (tertiary/aromatic N) is 2. The Kier molecular flexibility index (Phi) is 21.4. The third-order valence-electron chi connectivity index (χ3n) is 6.49. The second-order valence-corrected chi connectivity index (χ2v) is 16.2. The van der Waals surface area contributed by atoms with Crippen LogP contribution in [0.5, 0.6) is 0 Å². The van der Waals surface area contributed by atoms with Crippen molar-refractivity contribution in [2.75, 3.05) is 82.6 Å². The van der Waals surface area contributed by atoms with E-state index in [1.165, 1.54) is 22.9 Å². The van der Waals surface area contributed by atoms with Gasteiger partial charge in [-0.3, -0.25) is 0 Å². The van der Waals surface area contributed by atoms with Gasteiger partial charge in [-0.1, -0.05) is 115 Å². The number of quaternary nitrogens is 2. The molecule has 0 heterocycles. The van der Waals surface area contributed by atoms with Gasteiger partial charge >= 0.3 is 51.4 Å². The molecule has 0 spiro atoms. The molecule has 0 aliphatic rings. The topological polar surface area (TPSA) is 15.4 Å². The van der Waals surface area contributed by atoms with Gasteiger partial charge in [0.1, 0.15) is 20.7 Å². The molecule has 0 aliphatic heterocycles. The van der Waals surface area contributed by atoms with Crippen molar-refractivity contribution in [3.63, 3.8) is 0 Å². The quantitative estimate of drug-likeness (QED) is 0.130. The van der Waals surface area contributed by atoms with Crippen molar-refractivity contribution in [2.45, 2.75) is 0 Å². The Hall–Kier alpha value is -0.784. The summed E-state index contributed by atoms with van der Waals surface area (Å²) in [6.07, 6.45) is 0. The van der Waals surface area contributed by atoms with E-state index in [-0.39, 0.29) is 66.5 Å². The molecule has 4 aromatic carbocycles. The Morgan fingerprint density at radius 2 is 0.848 bits per heavy atom. The normalized spacial score (nSPS) is 11.3. The first-order valence-electron chi connectivity index (χ1n) is 15.2. The summed E-state index contributed by atoms with van der Waals surface area (Å²) in [4.78, 5) is 7.43. The van der Waals surface area contributed by atoms with Gasteiger partial charge in [-0.25, -0.2) is 0 Å². The maximum absolute atomic E-state index is 2.97. The van der Waals surface area contributed by atoms with Gasteiger partial charge in [-0.15, -0.1) is 0 Å². The third kappa shape index (κ3) is 15.2. The Balaban J connectivity index is 0.000000518. The predicted molar refractivity (Wildman–Crippen MR) is 217 cm³/mol. The Morgan fingerprint density at radius 3 is 1.11 bits per heavy atom. The smallest absolute Gasteiger partial charge is 0.335 e. The van der Waals surface area contributed by atoms with Gasteiger partial charge in [-0.2, -0.15) is 6.76 Å². The zero-order valence-corrected chi connectivity index (χ0v) is 33.7. The Labute approximate surface area is 327 Å². The van der Waals surface area contributed by atoms with Crippen molar-refractivity contribution < 1.29 is 61.2 Å². The Bertz CT molecular complexity index is 1280. The van der Waals surface area contributed by atoms with E-state index in [1.807, 2.05) is 0 Å². The van der Waals surface area contributed by atoms with Gasteiger partial charge in [0.2, 0.25) is 0 Å². The first-order chi connectivity index (χ1) is 21.4. The minimum absolute atomic E-state index is 0. The SMILES string of the molecule is CN(C)CCN(C)C.C[NH+](C)CC[NH+](C)C.[BH3-]P(=C[P+]([BH3-])(c1ccccc1)c1ccccc1)(c1ccccc1)c1ccccc1.[K+]. The molecule has 0 bridgehead atoms. The summed E-state index contributed by atoms with van der Waals surface area (Å²) < 4.78 is 0. The van der Waals surface area contributed by atoms with Crippen molar-refractivity contribution in [3.8, 4) is 0 Å². The van der Waals surface area contributed by atoms with Crippen molar-refractivity contribution in [1.29, 1.82) is 0 Å². The molecule has 0 amide bonds. The third-order valence-corrected chi connectivity index (χ3v) is 11.8. The van der Waals surface area contributed by atoms with Crippen LogP contribution < -0.4 is 82.4 Å². The van der Waals surface area contributed by atoms with Gasteiger partial charge in [0.15, 0.2) is 0 Å². The fourth-order valence-electron chi connectivity index (χ4n) is 3.93. The van der Waals surface area contributed by atoms with Gasteiger partial charge in [0.05, 0.1) is 38.8 Å². The van der Waals surface area contributed by atoms with Crippen LogP contribution in [0.2, 0.25) is 0 Å². The Morgan fingerprint density at radius 1 is 0.565 bits per heavy atom. The van der Waals surface area contributed by atoms with E-state index in [9.17, 15) is 0 Å². The van der Waals surface area contributed by atoms with Crippen molar-refractivity contribution >= 4 is 55.8 Å². The van der Waals surface area contributed by atoms with Gasteiger partial charge in [0, 0.05) is 13.1 Å². The zero-order chi connectivity index (χ0) is 33.3. The molecule has 4 aromatic rings. The summed E-state index contributed by atoms with van der Waals surface area (Å²) in [5, 5.41) is 6.34. The predicted octanol–water partition coefficient (Wildman–Crippen LogP) is -2.97. The van der Waals surface area contributed by atoms with Crippen LogP contribution in [0.25, 0.3) is 0 Å². The molecule has 0 radical (unpaired) electrons. The molecule has 0 saturated carbocycles. The summed E-state index contributed by atoms with van der Waals surface area (Å²) in [5.74, 6) is 0. The van der Waals surface area contributed by atoms with Crippen molar-refractivity contribution in [3.05, 3.63) is 121 Å². The van der Waals surface area contributed by atoms with Crippen LogP contribution in [0.1, 0.15) is 0 Å². The number of hydrogen-bond acceptors (Lipinski definition) is 2. The molecular weight excluding hydrogens is 623 g/mol.